The summed E-state index contributed by atoms with van der Waals surface area (Å²) in [5.74, 6) is 0.206. The van der Waals surface area contributed by atoms with Gasteiger partial charge in [0, 0.05) is 125 Å². The molecule has 6 atom stereocenters. The molecule has 0 saturated carbocycles. The largest absolute Gasteiger partial charge is 0.370 e. The molecule has 12 aromatic carbocycles. The highest BCUT2D eigenvalue weighted by Crippen LogP contribution is 2.33. The molecule has 0 radical (unpaired) electrons. The monoisotopic (exact) mass is 1780 g/mol. The van der Waals surface area contributed by atoms with Gasteiger partial charge < -0.3 is 74.4 Å². The SMILES string of the molecule is NC(N)=NCCC[C@@H]1N[C@H](CNC(=O)c2ccc(-c3ccccc3)cc2)CCN(CC(c2ccccc2)c2ccccc2)C1=O.NC(N)=NCCC[C@@H]1N[C@H](CNC(=O)c2ccc3ccccc3c2)CCN(CC(c2ccccc2)c2ccccc2)C1=O.O=C(NC[C@@H]1CCN(CC(c2ccccc2)c2ccccc2)C(=O)[C@H](CCCN2CCCCC2)N1)c1ccc2ccccc2c1. The number of hydrogen-bond acceptors (Lipinski definition) is 12. The first-order chi connectivity index (χ1) is 65.1. The number of guanidine groups is 2. The topological polar surface area (TPSA) is 316 Å². The van der Waals surface area contributed by atoms with Crippen molar-refractivity contribution < 1.29 is 28.8 Å². The standard InChI is InChI=1S/C39H46N4O2.C37H42N6O2.C35H40N6O2/c44-38(34-21-20-30-13-8-9-18-33(30)27-34)40-28-35-22-26-43(39(45)37(41-35)19-12-25-42-23-10-3-11-24-42)29-36(31-14-4-1-5-15-31)32-16-6-2-7-17-32;38-37(39)40-23-10-17-34-36(45)43(26-33(29-13-6-2-7-14-29)30-15-8-3-9-16-30)24-22-32(42-34)25-41-35(44)31-20-18-28(19-21-31)27-11-4-1-5-12-27;36-35(37)38-20-9-16-32-34(43)41(24-31(26-11-3-1-4-12-26)27-13-5-2-6-14-27)21-19-30(40-32)23-39-33(42)29-18-17-25-10-7-8-15-28(25)22-29/h1-2,4-9,13-18,20-21,27,35-37,41H,3,10-12,19,22-26,28-29H2,(H,40,44);1-9,11-16,18-21,32-34,42H,10,17,22-26H2,(H,41,44)(H4,38,39,40);1-8,10-15,17-18,22,30-32,40H,9,16,19-21,23-24H2,(H,39,42)(H4,36,37,38)/t35-,37-;32-,34-;30-,32-/m000/s1. The first-order valence-corrected chi connectivity index (χ1v) is 47.3. The molecule has 14 N–H and O–H groups in total. The van der Waals surface area contributed by atoms with E-state index in [1.165, 1.54) is 52.6 Å². The summed E-state index contributed by atoms with van der Waals surface area (Å²) in [4.78, 5) is 98.4. The van der Waals surface area contributed by atoms with Gasteiger partial charge in [0.05, 0.1) is 18.1 Å². The predicted octanol–water partition coefficient (Wildman–Crippen LogP) is 14.8. The molecule has 0 spiro atoms. The van der Waals surface area contributed by atoms with Crippen molar-refractivity contribution in [2.24, 2.45) is 32.9 Å². The fourth-order valence-electron chi connectivity index (χ4n) is 18.6. The van der Waals surface area contributed by atoms with E-state index in [9.17, 15) is 28.8 Å². The smallest absolute Gasteiger partial charge is 0.251 e. The van der Waals surface area contributed by atoms with Crippen molar-refractivity contribution in [3.8, 4) is 11.1 Å². The van der Waals surface area contributed by atoms with E-state index in [0.29, 0.717) is 127 Å². The van der Waals surface area contributed by atoms with Crippen LogP contribution in [0.5, 0.6) is 0 Å². The molecule has 12 aromatic rings. The average Bonchev–Trinajstić information content (AvgIpc) is 1.80. The third kappa shape index (κ3) is 28.2. The van der Waals surface area contributed by atoms with Gasteiger partial charge in [-0.2, -0.15) is 0 Å². The lowest BCUT2D eigenvalue weighted by molar-refractivity contribution is -0.133. The Morgan fingerprint density at radius 2 is 0.609 bits per heavy atom. The van der Waals surface area contributed by atoms with Crippen LogP contribution >= 0.6 is 0 Å². The lowest BCUT2D eigenvalue weighted by Gasteiger charge is -2.30. The first-order valence-electron chi connectivity index (χ1n) is 47.3. The van der Waals surface area contributed by atoms with Gasteiger partial charge in [-0.1, -0.05) is 292 Å². The van der Waals surface area contributed by atoms with Crippen LogP contribution in [0.3, 0.4) is 0 Å². The number of carbonyl (C=O) groups excluding carboxylic acids is 6. The molecule has 0 aliphatic carbocycles. The number of likely N-dealkylation sites (tertiary alicyclic amines) is 1. The minimum Gasteiger partial charge on any atom is -0.370 e. The number of carbonyl (C=O) groups is 6. The Morgan fingerprint density at radius 3 is 0.940 bits per heavy atom. The molecule has 0 aromatic heterocycles. The molecule has 4 saturated heterocycles. The number of nitrogens with zero attached hydrogens (tertiary/aromatic N) is 6. The Hall–Kier alpha value is -13.6. The van der Waals surface area contributed by atoms with E-state index in [-0.39, 0.29) is 89.3 Å². The molecule has 22 heteroatoms. The van der Waals surface area contributed by atoms with Crippen LogP contribution in [-0.4, -0.2) is 195 Å². The highest BCUT2D eigenvalue weighted by molar-refractivity contribution is 6.00. The summed E-state index contributed by atoms with van der Waals surface area (Å²) in [5.41, 5.74) is 33.2. The molecule has 133 heavy (non-hydrogen) atoms. The number of benzene rings is 12. The van der Waals surface area contributed by atoms with Gasteiger partial charge in [-0.05, 0) is 193 Å². The summed E-state index contributed by atoms with van der Waals surface area (Å²) >= 11 is 0. The summed E-state index contributed by atoms with van der Waals surface area (Å²) in [5, 5.41) is 24.5. The summed E-state index contributed by atoms with van der Waals surface area (Å²) in [6.07, 6.45) is 10.3. The third-order valence-corrected chi connectivity index (χ3v) is 25.9. The van der Waals surface area contributed by atoms with Gasteiger partial charge in [0.2, 0.25) is 17.7 Å². The fraction of sp³-hybridized carbons (Fsp3) is 0.315. The number of rotatable bonds is 34. The minimum absolute atomic E-state index is 0.00948. The number of fused-ring (bicyclic) bond motifs is 2. The molecule has 6 amide bonds. The fourth-order valence-corrected chi connectivity index (χ4v) is 18.6. The molecule has 688 valence electrons. The quantitative estimate of drug-likeness (QED) is 0.0102. The van der Waals surface area contributed by atoms with Gasteiger partial charge in [-0.3, -0.25) is 38.8 Å². The molecular formula is C111H128N16O6. The Morgan fingerprint density at radius 1 is 0.323 bits per heavy atom. The van der Waals surface area contributed by atoms with Crippen molar-refractivity contribution in [3.05, 3.63) is 372 Å². The summed E-state index contributed by atoms with van der Waals surface area (Å²) in [7, 11) is 0. The lowest BCUT2D eigenvalue weighted by Crippen LogP contribution is -2.49. The average molecular weight is 1780 g/mol. The zero-order valence-corrected chi connectivity index (χ0v) is 76.1. The number of piperidine rings is 1. The lowest BCUT2D eigenvalue weighted by atomic mass is 9.90. The van der Waals surface area contributed by atoms with Crippen LogP contribution in [0.25, 0.3) is 32.7 Å². The van der Waals surface area contributed by atoms with Crippen LogP contribution in [0.1, 0.15) is 159 Å². The van der Waals surface area contributed by atoms with Crippen LogP contribution in [0.2, 0.25) is 0 Å². The van der Waals surface area contributed by atoms with Gasteiger partial charge in [-0.15, -0.1) is 0 Å². The maximum Gasteiger partial charge on any atom is 0.251 e. The second kappa shape index (κ2) is 49.6. The van der Waals surface area contributed by atoms with Crippen molar-refractivity contribution in [2.45, 2.75) is 131 Å². The molecule has 4 fully saturated rings. The molecule has 0 unspecified atom stereocenters. The highest BCUT2D eigenvalue weighted by Gasteiger charge is 2.37. The van der Waals surface area contributed by atoms with Gasteiger partial charge in [-0.25, -0.2) is 0 Å². The minimum atomic E-state index is -0.416. The van der Waals surface area contributed by atoms with Crippen LogP contribution in [-0.2, 0) is 14.4 Å². The van der Waals surface area contributed by atoms with E-state index in [0.717, 1.165) is 71.6 Å². The van der Waals surface area contributed by atoms with E-state index in [4.69, 9.17) is 22.9 Å². The Balaban J connectivity index is 0.000000160. The van der Waals surface area contributed by atoms with Crippen LogP contribution in [0, 0.1) is 0 Å². The molecule has 0 bridgehead atoms. The predicted molar refractivity (Wildman–Crippen MR) is 536 cm³/mol. The first kappa shape index (κ1) is 95.4. The van der Waals surface area contributed by atoms with E-state index in [2.05, 4.69) is 155 Å². The molecular weight excluding hydrogens is 1650 g/mol. The number of nitrogens with one attached hydrogen (secondary N) is 6. The summed E-state index contributed by atoms with van der Waals surface area (Å²) < 4.78 is 0. The Labute approximate surface area is 782 Å². The van der Waals surface area contributed by atoms with Gasteiger partial charge >= 0.3 is 0 Å². The second-order valence-electron chi connectivity index (χ2n) is 35.2. The van der Waals surface area contributed by atoms with Crippen molar-refractivity contribution in [3.63, 3.8) is 0 Å². The maximum atomic E-state index is 14.2. The molecule has 4 aliphatic heterocycles. The number of nitrogens with two attached hydrogens (primary N) is 4. The van der Waals surface area contributed by atoms with E-state index < -0.39 is 12.1 Å². The van der Waals surface area contributed by atoms with Gasteiger partial charge in [0.15, 0.2) is 11.9 Å². The van der Waals surface area contributed by atoms with Crippen LogP contribution in [0.4, 0.5) is 0 Å². The zero-order valence-electron chi connectivity index (χ0n) is 76.1. The molecule has 22 nitrogen and oxygen atoms in total. The Kier molecular flexibility index (Phi) is 35.6. The van der Waals surface area contributed by atoms with Crippen molar-refractivity contribution in [1.82, 2.24) is 51.5 Å². The van der Waals surface area contributed by atoms with Gasteiger partial charge in [0.25, 0.3) is 17.7 Å². The second-order valence-corrected chi connectivity index (χ2v) is 35.2. The summed E-state index contributed by atoms with van der Waals surface area (Å²) in [6.45, 7) is 9.15. The van der Waals surface area contributed by atoms with Crippen LogP contribution in [0.15, 0.2) is 332 Å². The van der Waals surface area contributed by atoms with Crippen molar-refractivity contribution in [2.75, 3.05) is 91.6 Å². The normalized spacial score (nSPS) is 17.7. The number of hydrogen-bond donors (Lipinski definition) is 10. The molecule has 4 heterocycles. The van der Waals surface area contributed by atoms with E-state index >= 15 is 0 Å². The highest BCUT2D eigenvalue weighted by atomic mass is 16.2. The van der Waals surface area contributed by atoms with Crippen molar-refractivity contribution >= 4 is 68.9 Å². The number of amides is 6. The van der Waals surface area contributed by atoms with E-state index in [1.54, 1.807) is 0 Å². The van der Waals surface area contributed by atoms with Crippen molar-refractivity contribution in [1.29, 1.82) is 0 Å². The third-order valence-electron chi connectivity index (χ3n) is 25.9. The van der Waals surface area contributed by atoms with Crippen LogP contribution < -0.4 is 54.8 Å². The molecule has 4 aliphatic rings. The zero-order chi connectivity index (χ0) is 92.3. The maximum absolute atomic E-state index is 14.2. The van der Waals surface area contributed by atoms with Gasteiger partial charge in [0.1, 0.15) is 0 Å². The molecule has 16 rings (SSSR count). The number of aliphatic imine (C=N–C) groups is 2. The summed E-state index contributed by atoms with van der Waals surface area (Å²) in [6, 6.07) is 107. The van der Waals surface area contributed by atoms with E-state index in [1.807, 2.05) is 228 Å². The Bertz CT molecular complexity index is 5620.